The number of hydrogen-bond acceptors (Lipinski definition) is 2. The highest BCUT2D eigenvalue weighted by Crippen LogP contribution is 2.29. The Balaban J connectivity index is 2.51. The summed E-state index contributed by atoms with van der Waals surface area (Å²) in [5.41, 5.74) is 5.22. The summed E-state index contributed by atoms with van der Waals surface area (Å²) in [5.74, 6) is 2.71. The molecule has 0 radical (unpaired) electrons. The average molecular weight is 194 g/mol. The number of amides is 1. The van der Waals surface area contributed by atoms with Crippen LogP contribution in [0.4, 0.5) is 0 Å². The summed E-state index contributed by atoms with van der Waals surface area (Å²) in [5, 5.41) is 2.81. The molecule has 3 nitrogen and oxygen atoms in total. The van der Waals surface area contributed by atoms with Crippen LogP contribution in [0.15, 0.2) is 0 Å². The van der Waals surface area contributed by atoms with Gasteiger partial charge in [-0.3, -0.25) is 4.79 Å². The van der Waals surface area contributed by atoms with Crippen LogP contribution in [0.2, 0.25) is 0 Å². The molecule has 1 atom stereocenters. The Labute approximate surface area is 85.4 Å². The molecular weight excluding hydrogens is 176 g/mol. The zero-order valence-corrected chi connectivity index (χ0v) is 8.84. The first-order valence-electron chi connectivity index (χ1n) is 5.05. The van der Waals surface area contributed by atoms with Crippen molar-refractivity contribution in [2.24, 2.45) is 11.7 Å². The van der Waals surface area contributed by atoms with Crippen molar-refractivity contribution in [1.29, 1.82) is 0 Å². The number of rotatable bonds is 3. The Kier molecular flexibility index (Phi) is 3.17. The van der Waals surface area contributed by atoms with E-state index in [9.17, 15) is 4.79 Å². The van der Waals surface area contributed by atoms with E-state index in [2.05, 4.69) is 11.2 Å². The monoisotopic (exact) mass is 194 g/mol. The normalized spacial score (nSPS) is 20.8. The molecule has 0 aromatic heterocycles. The predicted molar refractivity (Wildman–Crippen MR) is 56.4 cm³/mol. The standard InChI is InChI=1S/C11H18N2O/c1-4-9(8(2)3)13-10(14)11(12)6-5-7-11/h1,8-9H,5-7,12H2,2-3H3,(H,13,14). The third-order valence-corrected chi connectivity index (χ3v) is 2.83. The molecule has 1 aliphatic rings. The molecule has 0 bridgehead atoms. The number of nitrogens with one attached hydrogen (secondary N) is 1. The molecule has 0 saturated heterocycles. The number of terminal acetylenes is 1. The lowest BCUT2D eigenvalue weighted by atomic mass is 9.77. The second-order valence-electron chi connectivity index (χ2n) is 4.37. The van der Waals surface area contributed by atoms with Gasteiger partial charge in [0, 0.05) is 0 Å². The topological polar surface area (TPSA) is 55.1 Å². The van der Waals surface area contributed by atoms with Crippen molar-refractivity contribution in [3.8, 4) is 12.3 Å². The van der Waals surface area contributed by atoms with E-state index in [-0.39, 0.29) is 17.9 Å². The van der Waals surface area contributed by atoms with Crippen LogP contribution in [0, 0.1) is 18.3 Å². The molecule has 1 unspecified atom stereocenters. The molecule has 1 saturated carbocycles. The lowest BCUT2D eigenvalue weighted by Crippen LogP contribution is -2.60. The lowest BCUT2D eigenvalue weighted by Gasteiger charge is -2.37. The van der Waals surface area contributed by atoms with Crippen molar-refractivity contribution < 1.29 is 4.79 Å². The maximum atomic E-state index is 11.7. The third kappa shape index (κ3) is 2.08. The van der Waals surface area contributed by atoms with Crippen molar-refractivity contribution in [2.75, 3.05) is 0 Å². The van der Waals surface area contributed by atoms with Crippen LogP contribution in [-0.2, 0) is 4.79 Å². The van der Waals surface area contributed by atoms with Crippen molar-refractivity contribution in [3.63, 3.8) is 0 Å². The van der Waals surface area contributed by atoms with Gasteiger partial charge in [0.2, 0.25) is 5.91 Å². The number of carbonyl (C=O) groups is 1. The quantitative estimate of drug-likeness (QED) is 0.648. The van der Waals surface area contributed by atoms with Crippen LogP contribution >= 0.6 is 0 Å². The molecule has 0 spiro atoms. The van der Waals surface area contributed by atoms with E-state index in [0.717, 1.165) is 19.3 Å². The summed E-state index contributed by atoms with van der Waals surface area (Å²) in [7, 11) is 0. The largest absolute Gasteiger partial charge is 0.341 e. The van der Waals surface area contributed by atoms with Gasteiger partial charge in [0.1, 0.15) is 0 Å². The van der Waals surface area contributed by atoms with Crippen LogP contribution in [0.3, 0.4) is 0 Å². The molecule has 1 amide bonds. The average Bonchev–Trinajstić information content (AvgIpc) is 2.09. The minimum Gasteiger partial charge on any atom is -0.341 e. The van der Waals surface area contributed by atoms with E-state index in [1.807, 2.05) is 13.8 Å². The maximum absolute atomic E-state index is 11.7. The van der Waals surface area contributed by atoms with Crippen molar-refractivity contribution in [2.45, 2.75) is 44.7 Å². The molecule has 14 heavy (non-hydrogen) atoms. The van der Waals surface area contributed by atoms with Crippen LogP contribution in [0.25, 0.3) is 0 Å². The fourth-order valence-electron chi connectivity index (χ4n) is 1.47. The number of carbonyl (C=O) groups excluding carboxylic acids is 1. The molecule has 1 fully saturated rings. The minimum atomic E-state index is -0.649. The number of nitrogens with two attached hydrogens (primary N) is 1. The maximum Gasteiger partial charge on any atom is 0.241 e. The molecule has 1 aliphatic carbocycles. The van der Waals surface area contributed by atoms with Crippen LogP contribution in [0.5, 0.6) is 0 Å². The van der Waals surface area contributed by atoms with Gasteiger partial charge in [0.15, 0.2) is 0 Å². The van der Waals surface area contributed by atoms with Crippen LogP contribution in [-0.4, -0.2) is 17.5 Å². The molecular formula is C11H18N2O. The fraction of sp³-hybridized carbons (Fsp3) is 0.727. The zero-order valence-electron chi connectivity index (χ0n) is 8.84. The highest BCUT2D eigenvalue weighted by molar-refractivity contribution is 5.87. The predicted octanol–water partition coefficient (Wildman–Crippen LogP) is 0.642. The summed E-state index contributed by atoms with van der Waals surface area (Å²) in [4.78, 5) is 11.7. The summed E-state index contributed by atoms with van der Waals surface area (Å²) in [6.45, 7) is 3.96. The van der Waals surface area contributed by atoms with Gasteiger partial charge in [-0.1, -0.05) is 19.8 Å². The van der Waals surface area contributed by atoms with E-state index < -0.39 is 5.54 Å². The van der Waals surface area contributed by atoms with E-state index in [0.29, 0.717) is 0 Å². The Morgan fingerprint density at radius 3 is 2.43 bits per heavy atom. The molecule has 0 heterocycles. The Hall–Kier alpha value is -1.01. The van der Waals surface area contributed by atoms with Gasteiger partial charge >= 0.3 is 0 Å². The van der Waals surface area contributed by atoms with Crippen LogP contribution in [0.1, 0.15) is 33.1 Å². The van der Waals surface area contributed by atoms with Gasteiger partial charge in [0.25, 0.3) is 0 Å². The molecule has 0 aromatic rings. The molecule has 0 aromatic carbocycles. The molecule has 3 heteroatoms. The van der Waals surface area contributed by atoms with Gasteiger partial charge < -0.3 is 11.1 Å². The summed E-state index contributed by atoms with van der Waals surface area (Å²) in [6, 6.07) is -0.205. The first-order chi connectivity index (χ1) is 6.49. The minimum absolute atomic E-state index is 0.0969. The van der Waals surface area contributed by atoms with Gasteiger partial charge in [-0.15, -0.1) is 6.42 Å². The molecule has 78 valence electrons. The number of hydrogen-bond donors (Lipinski definition) is 2. The van der Waals surface area contributed by atoms with E-state index >= 15 is 0 Å². The molecule has 0 aliphatic heterocycles. The molecule has 1 rings (SSSR count). The molecule has 3 N–H and O–H groups in total. The van der Waals surface area contributed by atoms with Crippen molar-refractivity contribution in [3.05, 3.63) is 0 Å². The van der Waals surface area contributed by atoms with Crippen molar-refractivity contribution in [1.82, 2.24) is 5.32 Å². The van der Waals surface area contributed by atoms with Crippen molar-refractivity contribution >= 4 is 5.91 Å². The lowest BCUT2D eigenvalue weighted by molar-refractivity contribution is -0.129. The van der Waals surface area contributed by atoms with E-state index in [1.54, 1.807) is 0 Å². The van der Waals surface area contributed by atoms with Gasteiger partial charge in [-0.2, -0.15) is 0 Å². The highest BCUT2D eigenvalue weighted by atomic mass is 16.2. The van der Waals surface area contributed by atoms with Crippen LogP contribution < -0.4 is 11.1 Å². The van der Waals surface area contributed by atoms with Gasteiger partial charge in [-0.25, -0.2) is 0 Å². The third-order valence-electron chi connectivity index (χ3n) is 2.83. The van der Waals surface area contributed by atoms with Gasteiger partial charge in [0.05, 0.1) is 11.6 Å². The Morgan fingerprint density at radius 1 is 1.57 bits per heavy atom. The van der Waals surface area contributed by atoms with E-state index in [1.165, 1.54) is 0 Å². The Bertz CT molecular complexity index is 261. The second-order valence-corrected chi connectivity index (χ2v) is 4.37. The smallest absolute Gasteiger partial charge is 0.241 e. The summed E-state index contributed by atoms with van der Waals surface area (Å²) in [6.07, 6.45) is 7.90. The fourth-order valence-corrected chi connectivity index (χ4v) is 1.47. The van der Waals surface area contributed by atoms with Gasteiger partial charge in [-0.05, 0) is 25.2 Å². The first-order valence-corrected chi connectivity index (χ1v) is 5.05. The van der Waals surface area contributed by atoms with E-state index in [4.69, 9.17) is 12.2 Å². The zero-order chi connectivity index (χ0) is 10.8. The SMILES string of the molecule is C#CC(NC(=O)C1(N)CCC1)C(C)C. The summed E-state index contributed by atoms with van der Waals surface area (Å²) >= 11 is 0. The second kappa shape index (κ2) is 4.02. The highest BCUT2D eigenvalue weighted by Gasteiger charge is 2.40. The Morgan fingerprint density at radius 2 is 2.14 bits per heavy atom. The summed E-state index contributed by atoms with van der Waals surface area (Å²) < 4.78 is 0. The first kappa shape index (κ1) is 11.1.